The van der Waals surface area contributed by atoms with Crippen LogP contribution in [0.3, 0.4) is 0 Å². The summed E-state index contributed by atoms with van der Waals surface area (Å²) in [5.74, 6) is -0.179. The van der Waals surface area contributed by atoms with Crippen LogP contribution >= 0.6 is 11.3 Å². The minimum absolute atomic E-state index is 0.00645. The van der Waals surface area contributed by atoms with E-state index in [2.05, 4.69) is 30.2 Å². The second-order valence-corrected chi connectivity index (χ2v) is 11.4. The third-order valence-corrected chi connectivity index (χ3v) is 6.91. The molecule has 5 rings (SSSR count). The number of thiazole rings is 1. The number of aromatic nitrogens is 5. The highest BCUT2D eigenvalue weighted by Gasteiger charge is 2.18. The molecule has 0 radical (unpaired) electrons. The average molecular weight is 609 g/mol. The van der Waals surface area contributed by atoms with Gasteiger partial charge in [0, 0.05) is 17.7 Å². The molecule has 1 amide bonds. The zero-order valence-corrected chi connectivity index (χ0v) is 24.9. The van der Waals surface area contributed by atoms with Gasteiger partial charge < -0.3 is 24.1 Å². The lowest BCUT2D eigenvalue weighted by Gasteiger charge is -2.16. The first-order valence-corrected chi connectivity index (χ1v) is 14.0. The van der Waals surface area contributed by atoms with E-state index in [1.807, 2.05) is 19.1 Å². The quantitative estimate of drug-likeness (QED) is 0.212. The summed E-state index contributed by atoms with van der Waals surface area (Å²) in [6.07, 6.45) is 2.79. The van der Waals surface area contributed by atoms with Crippen LogP contribution in [0.2, 0.25) is 0 Å². The topological polar surface area (TPSA) is 151 Å². The molecule has 224 valence electrons. The number of rotatable bonds is 10. The molecule has 0 bridgehead atoms. The van der Waals surface area contributed by atoms with Crippen molar-refractivity contribution in [2.45, 2.75) is 39.4 Å². The van der Waals surface area contributed by atoms with Crippen LogP contribution in [-0.2, 0) is 4.74 Å². The highest BCUT2D eigenvalue weighted by atomic mass is 32.1. The molecule has 0 unspecified atom stereocenters. The molecule has 2 N–H and O–H groups in total. The summed E-state index contributed by atoms with van der Waals surface area (Å²) in [5, 5.41) is 12.9. The maximum absolute atomic E-state index is 15.0. The number of hydrogen-bond acceptors (Lipinski definition) is 12. The number of benzene rings is 2. The number of carbonyl (C=O) groups excluding carboxylic acids is 1. The van der Waals surface area contributed by atoms with E-state index >= 15 is 0 Å². The van der Waals surface area contributed by atoms with E-state index in [1.54, 1.807) is 33.0 Å². The van der Waals surface area contributed by atoms with E-state index in [4.69, 9.17) is 18.9 Å². The van der Waals surface area contributed by atoms with Crippen molar-refractivity contribution in [3.05, 3.63) is 54.2 Å². The van der Waals surface area contributed by atoms with E-state index in [9.17, 15) is 14.3 Å². The van der Waals surface area contributed by atoms with Gasteiger partial charge in [-0.25, -0.2) is 34.1 Å². The van der Waals surface area contributed by atoms with Crippen LogP contribution in [-0.4, -0.2) is 68.1 Å². The molecule has 2 aromatic carbocycles. The number of aliphatic hydroxyl groups is 1. The number of nitrogens with one attached hydrogen (secondary N) is 1. The molecular weight excluding hydrogens is 579 g/mol. The Kier molecular flexibility index (Phi) is 8.50. The van der Waals surface area contributed by atoms with Crippen molar-refractivity contribution in [2.24, 2.45) is 0 Å². The van der Waals surface area contributed by atoms with Crippen LogP contribution in [0.15, 0.2) is 42.9 Å². The maximum atomic E-state index is 15.0. The number of halogens is 1. The van der Waals surface area contributed by atoms with Crippen molar-refractivity contribution < 1.29 is 33.2 Å². The normalized spacial score (nSPS) is 12.3. The SMILES string of the molecule is COc1cnc2c(-c3nc4cc(F)c(O[C@@H](C)COC(=O)Nc5cnc(OCC(C)(C)O)nc5)cc4s3)cc(C)cc2n1. The first kappa shape index (κ1) is 29.8. The Balaban J connectivity index is 1.22. The monoisotopic (exact) mass is 608 g/mol. The van der Waals surface area contributed by atoms with Gasteiger partial charge in [0.1, 0.15) is 24.3 Å². The van der Waals surface area contributed by atoms with Gasteiger partial charge in [0.2, 0.25) is 5.88 Å². The molecule has 1 atom stereocenters. The van der Waals surface area contributed by atoms with Crippen molar-refractivity contribution in [1.29, 1.82) is 0 Å². The summed E-state index contributed by atoms with van der Waals surface area (Å²) >= 11 is 1.37. The first-order valence-electron chi connectivity index (χ1n) is 13.2. The summed E-state index contributed by atoms with van der Waals surface area (Å²) < 4.78 is 37.1. The Morgan fingerprint density at radius 1 is 1.09 bits per heavy atom. The van der Waals surface area contributed by atoms with Gasteiger partial charge >= 0.3 is 12.1 Å². The standard InChI is InChI=1S/C29H29FN6O6S/c1-15-6-18(25-21(7-15)35-24(39-5)12-31-25)26-36-20-8-19(30)22(9-23(20)43-26)42-16(2)13-40-28(37)34-17-10-32-27(33-11-17)41-14-29(3,4)38/h6-12,16,38H,13-14H2,1-5H3,(H,34,37)/t16-/m0/s1. The lowest BCUT2D eigenvalue weighted by atomic mass is 10.1. The predicted octanol–water partition coefficient (Wildman–Crippen LogP) is 5.32. The predicted molar refractivity (Wildman–Crippen MR) is 158 cm³/mol. The van der Waals surface area contributed by atoms with Crippen molar-refractivity contribution >= 4 is 44.4 Å². The largest absolute Gasteiger partial charge is 0.484 e. The fourth-order valence-electron chi connectivity index (χ4n) is 3.94. The van der Waals surface area contributed by atoms with Crippen LogP contribution in [0.1, 0.15) is 26.3 Å². The second kappa shape index (κ2) is 12.3. The number of ether oxygens (including phenoxy) is 4. The molecule has 0 saturated carbocycles. The third-order valence-electron chi connectivity index (χ3n) is 5.86. The lowest BCUT2D eigenvalue weighted by Crippen LogP contribution is -2.28. The second-order valence-electron chi connectivity index (χ2n) is 10.4. The van der Waals surface area contributed by atoms with Crippen molar-refractivity contribution in [3.8, 4) is 28.2 Å². The summed E-state index contributed by atoms with van der Waals surface area (Å²) in [7, 11) is 1.53. The minimum atomic E-state index is -1.04. The number of hydrogen-bond donors (Lipinski definition) is 2. The summed E-state index contributed by atoms with van der Waals surface area (Å²) in [4.78, 5) is 33.8. The average Bonchev–Trinajstić information content (AvgIpc) is 3.37. The maximum Gasteiger partial charge on any atom is 0.411 e. The van der Waals surface area contributed by atoms with E-state index in [0.717, 1.165) is 11.1 Å². The smallest absolute Gasteiger partial charge is 0.411 e. The van der Waals surface area contributed by atoms with Gasteiger partial charge in [-0.1, -0.05) is 0 Å². The number of anilines is 1. The molecule has 0 aliphatic rings. The minimum Gasteiger partial charge on any atom is -0.484 e. The Morgan fingerprint density at radius 3 is 2.58 bits per heavy atom. The Hall–Kier alpha value is -4.69. The zero-order chi connectivity index (χ0) is 30.7. The lowest BCUT2D eigenvalue weighted by molar-refractivity contribution is 0.0250. The molecule has 43 heavy (non-hydrogen) atoms. The van der Waals surface area contributed by atoms with E-state index < -0.39 is 23.6 Å². The van der Waals surface area contributed by atoms with Gasteiger partial charge in [-0.05, 0) is 45.4 Å². The Morgan fingerprint density at radius 2 is 1.86 bits per heavy atom. The molecule has 5 aromatic rings. The molecule has 3 heterocycles. The molecule has 0 aliphatic heterocycles. The van der Waals surface area contributed by atoms with Crippen LogP contribution in [0, 0.1) is 12.7 Å². The van der Waals surface area contributed by atoms with Crippen LogP contribution in [0.5, 0.6) is 17.6 Å². The Labute approximate surface area is 249 Å². The molecule has 14 heteroatoms. The summed E-state index contributed by atoms with van der Waals surface area (Å²) in [5.41, 5.74) is 2.79. The number of amides is 1. The van der Waals surface area contributed by atoms with Crippen LogP contribution < -0.4 is 19.5 Å². The number of methoxy groups -OCH3 is 1. The van der Waals surface area contributed by atoms with Gasteiger partial charge in [-0.3, -0.25) is 5.32 Å². The molecule has 0 saturated heterocycles. The van der Waals surface area contributed by atoms with E-state index in [-0.39, 0.29) is 30.7 Å². The van der Waals surface area contributed by atoms with Crippen LogP contribution in [0.25, 0.3) is 31.8 Å². The van der Waals surface area contributed by atoms with Crippen molar-refractivity contribution in [2.75, 3.05) is 25.6 Å². The van der Waals surface area contributed by atoms with E-state index in [0.29, 0.717) is 32.1 Å². The molecule has 0 fully saturated rings. The molecule has 3 aromatic heterocycles. The van der Waals surface area contributed by atoms with Gasteiger partial charge in [-0.15, -0.1) is 11.3 Å². The fourth-order valence-corrected chi connectivity index (χ4v) is 4.93. The molecule has 12 nitrogen and oxygen atoms in total. The zero-order valence-electron chi connectivity index (χ0n) is 24.0. The van der Waals surface area contributed by atoms with Crippen molar-refractivity contribution in [3.63, 3.8) is 0 Å². The van der Waals surface area contributed by atoms with Gasteiger partial charge in [0.25, 0.3) is 0 Å². The number of nitrogens with zero attached hydrogens (tertiary/aromatic N) is 5. The molecule has 0 spiro atoms. The van der Waals surface area contributed by atoms with E-state index in [1.165, 1.54) is 36.9 Å². The number of aryl methyl sites for hydroxylation is 1. The summed E-state index contributed by atoms with van der Waals surface area (Å²) in [6.45, 7) is 6.64. The van der Waals surface area contributed by atoms with Gasteiger partial charge in [-0.2, -0.15) is 0 Å². The highest BCUT2D eigenvalue weighted by molar-refractivity contribution is 7.21. The Bertz CT molecular complexity index is 1780. The fraction of sp³-hybridized carbons (Fsp3) is 0.310. The molecular formula is C29H29FN6O6S. The van der Waals surface area contributed by atoms with Gasteiger partial charge in [0.05, 0.1) is 58.2 Å². The third kappa shape index (κ3) is 7.40. The summed E-state index contributed by atoms with van der Waals surface area (Å²) in [6, 6.07) is 6.82. The number of carbonyl (C=O) groups is 1. The first-order chi connectivity index (χ1) is 20.5. The van der Waals surface area contributed by atoms with Crippen molar-refractivity contribution in [1.82, 2.24) is 24.9 Å². The molecule has 0 aliphatic carbocycles. The van der Waals surface area contributed by atoms with Gasteiger partial charge in [0.15, 0.2) is 11.6 Å². The highest BCUT2D eigenvalue weighted by Crippen LogP contribution is 2.37. The van der Waals surface area contributed by atoms with Crippen LogP contribution in [0.4, 0.5) is 14.9 Å². The number of fused-ring (bicyclic) bond motifs is 2.